The van der Waals surface area contributed by atoms with Gasteiger partial charge in [-0.2, -0.15) is 0 Å². The van der Waals surface area contributed by atoms with E-state index in [0.717, 1.165) is 25.9 Å². The van der Waals surface area contributed by atoms with Crippen molar-refractivity contribution in [2.24, 2.45) is 5.73 Å². The van der Waals surface area contributed by atoms with Crippen LogP contribution in [-0.4, -0.2) is 54.2 Å². The van der Waals surface area contributed by atoms with E-state index in [2.05, 4.69) is 15.5 Å². The van der Waals surface area contributed by atoms with Crippen LogP contribution in [-0.2, 0) is 0 Å². The second-order valence-corrected chi connectivity index (χ2v) is 6.67. The third kappa shape index (κ3) is 6.53. The summed E-state index contributed by atoms with van der Waals surface area (Å²) in [5, 5.41) is 15.5. The van der Waals surface area contributed by atoms with E-state index in [1.54, 1.807) is 6.07 Å². The second-order valence-electron chi connectivity index (χ2n) is 6.26. The van der Waals surface area contributed by atoms with Crippen molar-refractivity contribution in [1.82, 2.24) is 10.2 Å². The minimum absolute atomic E-state index is 0.162. The van der Waals surface area contributed by atoms with Gasteiger partial charge in [0.05, 0.1) is 16.7 Å². The number of halogens is 1. The summed E-state index contributed by atoms with van der Waals surface area (Å²) in [5.74, 6) is -0.627. The van der Waals surface area contributed by atoms with E-state index >= 15 is 0 Å². The van der Waals surface area contributed by atoms with Gasteiger partial charge < -0.3 is 26.4 Å². The number of rotatable bonds is 6. The van der Waals surface area contributed by atoms with E-state index in [0.29, 0.717) is 12.2 Å². The maximum Gasteiger partial charge on any atom is 0.319 e. The molecule has 0 spiro atoms. The Balaban J connectivity index is 1.76. The standard InChI is InChI=1S/C17H25ClN4O3/c18-15-9-12(5-6-14(15)16(19)24)21-17(25)20-10-13(23)11-22-7-3-1-2-4-8-22/h5-6,9,13,23H,1-4,7-8,10-11H2,(H2,19,24)(H2,20,21,25)/t13-/m0/s1. The molecule has 1 saturated heterocycles. The van der Waals surface area contributed by atoms with Gasteiger partial charge >= 0.3 is 6.03 Å². The Bertz CT molecular complexity index is 604. The molecule has 0 unspecified atom stereocenters. The first-order valence-electron chi connectivity index (χ1n) is 8.50. The summed E-state index contributed by atoms with van der Waals surface area (Å²) in [6.45, 7) is 2.71. The van der Waals surface area contributed by atoms with E-state index < -0.39 is 18.0 Å². The lowest BCUT2D eigenvalue weighted by Gasteiger charge is -2.23. The molecule has 1 heterocycles. The van der Waals surface area contributed by atoms with Crippen molar-refractivity contribution in [1.29, 1.82) is 0 Å². The zero-order valence-electron chi connectivity index (χ0n) is 14.1. The fourth-order valence-electron chi connectivity index (χ4n) is 2.86. The maximum absolute atomic E-state index is 11.9. The summed E-state index contributed by atoms with van der Waals surface area (Å²) in [6.07, 6.45) is 4.17. The van der Waals surface area contributed by atoms with Gasteiger partial charge in [0, 0.05) is 18.8 Å². The summed E-state index contributed by atoms with van der Waals surface area (Å²) < 4.78 is 0. The molecule has 5 N–H and O–H groups in total. The van der Waals surface area contributed by atoms with Gasteiger partial charge in [-0.25, -0.2) is 4.79 Å². The van der Waals surface area contributed by atoms with Gasteiger partial charge in [0.1, 0.15) is 0 Å². The van der Waals surface area contributed by atoms with Gasteiger partial charge in [0.25, 0.3) is 0 Å². The number of anilines is 1. The van der Waals surface area contributed by atoms with Crippen LogP contribution in [0.5, 0.6) is 0 Å². The van der Waals surface area contributed by atoms with Crippen molar-refractivity contribution in [3.8, 4) is 0 Å². The molecule has 8 heteroatoms. The number of β-amino-alcohol motifs (C(OH)–C–C–N with tert-alkyl or cyclic N) is 1. The fourth-order valence-corrected chi connectivity index (χ4v) is 3.13. The molecule has 1 atom stereocenters. The normalized spacial score (nSPS) is 16.7. The lowest BCUT2D eigenvalue weighted by Crippen LogP contribution is -2.41. The van der Waals surface area contributed by atoms with E-state index in [1.807, 2.05) is 0 Å². The topological polar surface area (TPSA) is 108 Å². The number of urea groups is 1. The van der Waals surface area contributed by atoms with Crippen molar-refractivity contribution in [3.05, 3.63) is 28.8 Å². The molecule has 138 valence electrons. The van der Waals surface area contributed by atoms with Crippen LogP contribution in [0.2, 0.25) is 5.02 Å². The van der Waals surface area contributed by atoms with Crippen LogP contribution in [0.15, 0.2) is 18.2 Å². The number of likely N-dealkylation sites (tertiary alicyclic amines) is 1. The van der Waals surface area contributed by atoms with Gasteiger partial charge in [0.15, 0.2) is 0 Å². The number of nitrogens with two attached hydrogens (primary N) is 1. The molecular weight excluding hydrogens is 344 g/mol. The highest BCUT2D eigenvalue weighted by Gasteiger charge is 2.15. The van der Waals surface area contributed by atoms with E-state index in [9.17, 15) is 14.7 Å². The Labute approximate surface area is 152 Å². The quantitative estimate of drug-likeness (QED) is 0.614. The molecule has 0 aromatic heterocycles. The smallest absolute Gasteiger partial charge is 0.319 e. The SMILES string of the molecule is NC(=O)c1ccc(NC(=O)NC[C@H](O)CN2CCCCCC2)cc1Cl. The number of nitrogens with zero attached hydrogens (tertiary/aromatic N) is 1. The van der Waals surface area contributed by atoms with Crippen molar-refractivity contribution in [2.75, 3.05) is 31.5 Å². The molecule has 0 aliphatic carbocycles. The number of hydrogen-bond acceptors (Lipinski definition) is 4. The Kier molecular flexibility index (Phi) is 7.49. The first kappa shape index (κ1) is 19.5. The van der Waals surface area contributed by atoms with Crippen LogP contribution in [0, 0.1) is 0 Å². The molecule has 1 aliphatic heterocycles. The summed E-state index contributed by atoms with van der Waals surface area (Å²) in [6, 6.07) is 4.00. The number of nitrogens with one attached hydrogen (secondary N) is 2. The summed E-state index contributed by atoms with van der Waals surface area (Å²) in [4.78, 5) is 25.3. The molecule has 1 aliphatic rings. The molecule has 1 fully saturated rings. The highest BCUT2D eigenvalue weighted by Crippen LogP contribution is 2.20. The number of aliphatic hydroxyl groups excluding tert-OH is 1. The largest absolute Gasteiger partial charge is 0.390 e. The Morgan fingerprint density at radius 2 is 1.92 bits per heavy atom. The van der Waals surface area contributed by atoms with Crippen LogP contribution >= 0.6 is 11.6 Å². The molecule has 2 rings (SSSR count). The van der Waals surface area contributed by atoms with E-state index in [1.165, 1.54) is 25.0 Å². The first-order chi connectivity index (χ1) is 12.0. The predicted octanol–water partition coefficient (Wildman–Crippen LogP) is 1.80. The lowest BCUT2D eigenvalue weighted by atomic mass is 10.2. The van der Waals surface area contributed by atoms with Gasteiger partial charge in [-0.05, 0) is 44.1 Å². The Morgan fingerprint density at radius 1 is 1.24 bits per heavy atom. The third-order valence-corrected chi connectivity index (χ3v) is 4.47. The van der Waals surface area contributed by atoms with Crippen molar-refractivity contribution >= 4 is 29.2 Å². The number of primary amides is 1. The molecule has 0 radical (unpaired) electrons. The highest BCUT2D eigenvalue weighted by atomic mass is 35.5. The van der Waals surface area contributed by atoms with Gasteiger partial charge in [-0.3, -0.25) is 4.79 Å². The minimum Gasteiger partial charge on any atom is -0.390 e. The number of benzene rings is 1. The van der Waals surface area contributed by atoms with Gasteiger partial charge in [-0.1, -0.05) is 24.4 Å². The molecule has 0 saturated carbocycles. The zero-order chi connectivity index (χ0) is 18.2. The predicted molar refractivity (Wildman–Crippen MR) is 97.9 cm³/mol. The average Bonchev–Trinajstić information content (AvgIpc) is 2.81. The number of aliphatic hydroxyl groups is 1. The molecule has 25 heavy (non-hydrogen) atoms. The summed E-state index contributed by atoms with van der Waals surface area (Å²) in [5.41, 5.74) is 5.81. The Morgan fingerprint density at radius 3 is 2.52 bits per heavy atom. The average molecular weight is 369 g/mol. The number of hydrogen-bond donors (Lipinski definition) is 4. The monoisotopic (exact) mass is 368 g/mol. The molecule has 1 aromatic carbocycles. The number of carbonyl (C=O) groups excluding carboxylic acids is 2. The fraction of sp³-hybridized carbons (Fsp3) is 0.529. The molecular formula is C17H25ClN4O3. The summed E-state index contributed by atoms with van der Waals surface area (Å²) >= 11 is 5.94. The third-order valence-electron chi connectivity index (χ3n) is 4.16. The maximum atomic E-state index is 11.9. The lowest BCUT2D eigenvalue weighted by molar-refractivity contribution is 0.100. The number of amides is 3. The molecule has 3 amide bonds. The number of carbonyl (C=O) groups is 2. The second kappa shape index (κ2) is 9.60. The first-order valence-corrected chi connectivity index (χ1v) is 8.88. The molecule has 1 aromatic rings. The zero-order valence-corrected chi connectivity index (χ0v) is 14.9. The molecule has 0 bridgehead atoms. The minimum atomic E-state index is -0.627. The van der Waals surface area contributed by atoms with Crippen molar-refractivity contribution < 1.29 is 14.7 Å². The van der Waals surface area contributed by atoms with Crippen molar-refractivity contribution in [2.45, 2.75) is 31.8 Å². The highest BCUT2D eigenvalue weighted by molar-refractivity contribution is 6.34. The van der Waals surface area contributed by atoms with Crippen LogP contribution in [0.3, 0.4) is 0 Å². The van der Waals surface area contributed by atoms with Gasteiger partial charge in [0.2, 0.25) is 5.91 Å². The van der Waals surface area contributed by atoms with Crippen molar-refractivity contribution in [3.63, 3.8) is 0 Å². The van der Waals surface area contributed by atoms with Crippen LogP contribution in [0.4, 0.5) is 10.5 Å². The van der Waals surface area contributed by atoms with Crippen LogP contribution in [0.1, 0.15) is 36.0 Å². The Hall–Kier alpha value is -1.83. The summed E-state index contributed by atoms with van der Waals surface area (Å²) in [7, 11) is 0. The molecule has 7 nitrogen and oxygen atoms in total. The van der Waals surface area contributed by atoms with Crippen LogP contribution < -0.4 is 16.4 Å². The van der Waals surface area contributed by atoms with Gasteiger partial charge in [-0.15, -0.1) is 0 Å². The van der Waals surface area contributed by atoms with E-state index in [4.69, 9.17) is 17.3 Å². The van der Waals surface area contributed by atoms with E-state index in [-0.39, 0.29) is 17.1 Å². The van der Waals surface area contributed by atoms with Crippen LogP contribution in [0.25, 0.3) is 0 Å².